The summed E-state index contributed by atoms with van der Waals surface area (Å²) in [7, 11) is 0. The number of benzene rings is 1. The number of rotatable bonds is 2. The first kappa shape index (κ1) is 14.2. The van der Waals surface area contributed by atoms with Gasteiger partial charge in [0.05, 0.1) is 0 Å². The predicted molar refractivity (Wildman–Crippen MR) is 72.0 cm³/mol. The molecule has 0 bridgehead atoms. The van der Waals surface area contributed by atoms with E-state index in [9.17, 15) is 4.39 Å². The molecule has 96 valence electrons. The van der Waals surface area contributed by atoms with Crippen molar-refractivity contribution in [3.05, 3.63) is 35.1 Å². The Balaban J connectivity index is 0.000000686. The standard InChI is InChI=1S/C13H18FN.C2H6/c1-2-10-3-4-12(13(14)9-10)11-5-7-15-8-6-11;1-2/h3-4,9,11,15H,2,5-8H2,1H3;1-2H3. The smallest absolute Gasteiger partial charge is 0.126 e. The van der Waals surface area contributed by atoms with E-state index in [2.05, 4.69) is 18.3 Å². The Morgan fingerprint density at radius 1 is 1.24 bits per heavy atom. The predicted octanol–water partition coefficient (Wildman–Crippen LogP) is 3.88. The number of halogens is 1. The number of nitrogens with one attached hydrogen (secondary N) is 1. The van der Waals surface area contributed by atoms with Crippen molar-refractivity contribution in [2.24, 2.45) is 0 Å². The fraction of sp³-hybridized carbons (Fsp3) is 0.600. The Labute approximate surface area is 104 Å². The van der Waals surface area contributed by atoms with Crippen molar-refractivity contribution in [1.82, 2.24) is 5.32 Å². The summed E-state index contributed by atoms with van der Waals surface area (Å²) in [4.78, 5) is 0. The summed E-state index contributed by atoms with van der Waals surface area (Å²) in [5.74, 6) is 0.401. The second-order valence-corrected chi connectivity index (χ2v) is 4.23. The molecule has 1 N–H and O–H groups in total. The highest BCUT2D eigenvalue weighted by Crippen LogP contribution is 2.27. The average Bonchev–Trinajstić information content (AvgIpc) is 2.42. The first-order chi connectivity index (χ1) is 8.31. The van der Waals surface area contributed by atoms with E-state index in [1.807, 2.05) is 19.9 Å². The molecule has 2 heteroatoms. The molecular weight excluding hydrogens is 213 g/mol. The summed E-state index contributed by atoms with van der Waals surface area (Å²) < 4.78 is 13.8. The first-order valence-electron chi connectivity index (χ1n) is 6.80. The van der Waals surface area contributed by atoms with Crippen molar-refractivity contribution in [3.8, 4) is 0 Å². The topological polar surface area (TPSA) is 12.0 Å². The fourth-order valence-corrected chi connectivity index (χ4v) is 2.25. The average molecular weight is 237 g/mol. The molecule has 0 radical (unpaired) electrons. The molecule has 2 rings (SSSR count). The van der Waals surface area contributed by atoms with Crippen molar-refractivity contribution in [2.45, 2.75) is 46.0 Å². The first-order valence-corrected chi connectivity index (χ1v) is 6.80. The van der Waals surface area contributed by atoms with E-state index in [-0.39, 0.29) is 5.82 Å². The van der Waals surface area contributed by atoms with Crippen LogP contribution in [-0.4, -0.2) is 13.1 Å². The van der Waals surface area contributed by atoms with Crippen LogP contribution in [0, 0.1) is 5.82 Å². The zero-order chi connectivity index (χ0) is 12.7. The molecule has 0 aromatic heterocycles. The monoisotopic (exact) mass is 237 g/mol. The third-order valence-electron chi connectivity index (χ3n) is 3.25. The van der Waals surface area contributed by atoms with E-state index in [0.717, 1.165) is 43.5 Å². The molecule has 0 spiro atoms. The summed E-state index contributed by atoms with van der Waals surface area (Å²) in [5, 5.41) is 3.30. The lowest BCUT2D eigenvalue weighted by molar-refractivity contribution is 0.445. The molecule has 1 aliphatic heterocycles. The van der Waals surface area contributed by atoms with Crippen LogP contribution < -0.4 is 5.32 Å². The van der Waals surface area contributed by atoms with Crippen molar-refractivity contribution < 1.29 is 4.39 Å². The minimum Gasteiger partial charge on any atom is -0.317 e. The van der Waals surface area contributed by atoms with E-state index < -0.39 is 0 Å². The molecule has 1 nitrogen and oxygen atoms in total. The van der Waals surface area contributed by atoms with E-state index >= 15 is 0 Å². The molecule has 1 aromatic rings. The maximum absolute atomic E-state index is 13.8. The highest BCUT2D eigenvalue weighted by atomic mass is 19.1. The van der Waals surface area contributed by atoms with Gasteiger partial charge in [0, 0.05) is 0 Å². The third kappa shape index (κ3) is 3.81. The van der Waals surface area contributed by atoms with Gasteiger partial charge in [-0.2, -0.15) is 0 Å². The lowest BCUT2D eigenvalue weighted by Crippen LogP contribution is -2.27. The number of hydrogen-bond donors (Lipinski definition) is 1. The van der Waals surface area contributed by atoms with Crippen LogP contribution in [-0.2, 0) is 6.42 Å². The van der Waals surface area contributed by atoms with Crippen LogP contribution >= 0.6 is 0 Å². The van der Waals surface area contributed by atoms with E-state index in [1.165, 1.54) is 0 Å². The second-order valence-electron chi connectivity index (χ2n) is 4.23. The van der Waals surface area contributed by atoms with Crippen LogP contribution in [0.5, 0.6) is 0 Å². The number of piperidine rings is 1. The molecule has 0 amide bonds. The normalized spacial score (nSPS) is 16.2. The fourth-order valence-electron chi connectivity index (χ4n) is 2.25. The van der Waals surface area contributed by atoms with Gasteiger partial charge in [0.2, 0.25) is 0 Å². The van der Waals surface area contributed by atoms with Crippen molar-refractivity contribution in [2.75, 3.05) is 13.1 Å². The Morgan fingerprint density at radius 3 is 2.41 bits per heavy atom. The van der Waals surface area contributed by atoms with Crippen LogP contribution in [0.25, 0.3) is 0 Å². The summed E-state index contributed by atoms with van der Waals surface area (Å²) in [6.45, 7) is 8.08. The maximum Gasteiger partial charge on any atom is 0.126 e. The van der Waals surface area contributed by atoms with E-state index in [4.69, 9.17) is 0 Å². The van der Waals surface area contributed by atoms with Gasteiger partial charge in [0.15, 0.2) is 0 Å². The van der Waals surface area contributed by atoms with Crippen molar-refractivity contribution in [3.63, 3.8) is 0 Å². The quantitative estimate of drug-likeness (QED) is 0.823. The summed E-state index contributed by atoms with van der Waals surface area (Å²) >= 11 is 0. The van der Waals surface area contributed by atoms with Gasteiger partial charge in [0.25, 0.3) is 0 Å². The Bertz CT molecular complexity index is 330. The molecule has 0 unspecified atom stereocenters. The molecule has 1 aliphatic rings. The van der Waals surface area contributed by atoms with Crippen LogP contribution in [0.4, 0.5) is 4.39 Å². The molecule has 0 saturated carbocycles. The van der Waals surface area contributed by atoms with Gasteiger partial charge in [-0.3, -0.25) is 0 Å². The number of aryl methyl sites for hydroxylation is 1. The molecule has 17 heavy (non-hydrogen) atoms. The second kappa shape index (κ2) is 7.44. The summed E-state index contributed by atoms with van der Waals surface area (Å²) in [5.41, 5.74) is 2.00. The van der Waals surface area contributed by atoms with Gasteiger partial charge in [-0.25, -0.2) is 4.39 Å². The van der Waals surface area contributed by atoms with Gasteiger partial charge >= 0.3 is 0 Å². The van der Waals surface area contributed by atoms with Gasteiger partial charge < -0.3 is 5.32 Å². The third-order valence-corrected chi connectivity index (χ3v) is 3.25. The Morgan fingerprint density at radius 2 is 1.88 bits per heavy atom. The highest BCUT2D eigenvalue weighted by Gasteiger charge is 2.18. The van der Waals surface area contributed by atoms with Gasteiger partial charge in [-0.1, -0.05) is 32.9 Å². The molecule has 1 aromatic carbocycles. The minimum atomic E-state index is -0.0127. The minimum absolute atomic E-state index is 0.0127. The van der Waals surface area contributed by atoms with E-state index in [0.29, 0.717) is 5.92 Å². The SMILES string of the molecule is CC.CCc1ccc(C2CCNCC2)c(F)c1. The molecule has 0 aliphatic carbocycles. The zero-order valence-corrected chi connectivity index (χ0v) is 11.2. The van der Waals surface area contributed by atoms with E-state index in [1.54, 1.807) is 6.07 Å². The van der Waals surface area contributed by atoms with Gasteiger partial charge in [0.1, 0.15) is 5.82 Å². The highest BCUT2D eigenvalue weighted by molar-refractivity contribution is 5.27. The van der Waals surface area contributed by atoms with Crippen LogP contribution in [0.15, 0.2) is 18.2 Å². The summed E-state index contributed by atoms with van der Waals surface area (Å²) in [6, 6.07) is 5.72. The largest absolute Gasteiger partial charge is 0.317 e. The van der Waals surface area contributed by atoms with Crippen LogP contribution in [0.2, 0.25) is 0 Å². The van der Waals surface area contributed by atoms with Crippen LogP contribution in [0.1, 0.15) is 50.7 Å². The molecular formula is C15H24FN. The summed E-state index contributed by atoms with van der Waals surface area (Å²) in [6.07, 6.45) is 3.02. The Hall–Kier alpha value is -0.890. The Kier molecular flexibility index (Phi) is 6.20. The molecule has 1 fully saturated rings. The maximum atomic E-state index is 13.8. The molecule has 1 saturated heterocycles. The number of hydrogen-bond acceptors (Lipinski definition) is 1. The van der Waals surface area contributed by atoms with Gasteiger partial charge in [-0.05, 0) is 55.5 Å². The van der Waals surface area contributed by atoms with Crippen molar-refractivity contribution >= 4 is 0 Å². The molecule has 1 heterocycles. The lowest BCUT2D eigenvalue weighted by Gasteiger charge is -2.23. The van der Waals surface area contributed by atoms with Crippen LogP contribution in [0.3, 0.4) is 0 Å². The molecule has 0 atom stereocenters. The van der Waals surface area contributed by atoms with Gasteiger partial charge in [-0.15, -0.1) is 0 Å². The lowest BCUT2D eigenvalue weighted by atomic mass is 9.89. The van der Waals surface area contributed by atoms with Crippen molar-refractivity contribution in [1.29, 1.82) is 0 Å². The zero-order valence-electron chi connectivity index (χ0n) is 11.2.